The molecule has 0 saturated heterocycles. The number of amidine groups is 1. The average Bonchev–Trinajstić information content (AvgIpc) is 3.54. The fourth-order valence-corrected chi connectivity index (χ4v) is 8.00. The first-order chi connectivity index (χ1) is 22.3. The van der Waals surface area contributed by atoms with Gasteiger partial charge in [-0.15, -0.1) is 10.2 Å². The number of carbonyl (C=O) groups is 1. The Morgan fingerprint density at radius 2 is 1.65 bits per heavy atom. The van der Waals surface area contributed by atoms with E-state index in [-0.39, 0.29) is 35.6 Å². The van der Waals surface area contributed by atoms with Crippen molar-refractivity contribution < 1.29 is 23.0 Å². The van der Waals surface area contributed by atoms with Gasteiger partial charge in [0.2, 0.25) is 11.0 Å². The van der Waals surface area contributed by atoms with E-state index in [0.717, 1.165) is 60.0 Å². The summed E-state index contributed by atoms with van der Waals surface area (Å²) >= 11 is 3.11. The van der Waals surface area contributed by atoms with Gasteiger partial charge >= 0.3 is 0 Å². The van der Waals surface area contributed by atoms with Gasteiger partial charge in [0.15, 0.2) is 28.3 Å². The van der Waals surface area contributed by atoms with Crippen molar-refractivity contribution in [2.75, 3.05) is 26.1 Å². The third-order valence-electron chi connectivity index (χ3n) is 8.33. The number of nitrogens with zero attached hydrogens (tertiary/aromatic N) is 4. The number of hydrogen-bond donors (Lipinski definition) is 1. The molecule has 2 unspecified atom stereocenters. The lowest BCUT2D eigenvalue weighted by Crippen LogP contribution is -2.19. The average molecular weight is 668 g/mol. The van der Waals surface area contributed by atoms with Crippen LogP contribution in [0.1, 0.15) is 74.4 Å². The number of hydrogen-bond acceptors (Lipinski definition) is 9. The zero-order valence-electron chi connectivity index (χ0n) is 26.6. The van der Waals surface area contributed by atoms with Gasteiger partial charge in [0.1, 0.15) is 5.01 Å². The maximum absolute atomic E-state index is 13.9. The molecular weight excluding hydrogens is 629 g/mol. The summed E-state index contributed by atoms with van der Waals surface area (Å²) in [6.07, 6.45) is 6.53. The molecule has 2 aromatic carbocycles. The van der Waals surface area contributed by atoms with E-state index in [1.54, 1.807) is 30.0 Å². The van der Waals surface area contributed by atoms with Crippen LogP contribution in [0.5, 0.6) is 11.5 Å². The molecule has 46 heavy (non-hydrogen) atoms. The summed E-state index contributed by atoms with van der Waals surface area (Å²) < 4.78 is 37.8. The van der Waals surface area contributed by atoms with E-state index in [2.05, 4.69) is 29.4 Å². The molecular formula is C34H39F2N5O3S2. The highest BCUT2D eigenvalue weighted by Crippen LogP contribution is 2.46. The minimum absolute atomic E-state index is 0.0758. The van der Waals surface area contributed by atoms with Gasteiger partial charge in [0.05, 0.1) is 27.2 Å². The van der Waals surface area contributed by atoms with Crippen molar-refractivity contribution in [2.45, 2.75) is 71.1 Å². The van der Waals surface area contributed by atoms with E-state index in [1.165, 1.54) is 54.2 Å². The number of ether oxygens (including phenoxy) is 2. The largest absolute Gasteiger partial charge is 0.494 e. The highest BCUT2D eigenvalue weighted by Gasteiger charge is 2.31. The number of aliphatic imine (C=N–C) groups is 2. The predicted octanol–water partition coefficient (Wildman–Crippen LogP) is 8.15. The van der Waals surface area contributed by atoms with Crippen LogP contribution in [-0.4, -0.2) is 47.7 Å². The van der Waals surface area contributed by atoms with Gasteiger partial charge in [0.25, 0.3) is 0 Å². The second kappa shape index (κ2) is 15.8. The Morgan fingerprint density at radius 3 is 2.30 bits per heavy atom. The number of aromatic nitrogens is 2. The number of carbonyl (C=O) groups excluding carboxylic acids is 1. The van der Waals surface area contributed by atoms with Crippen LogP contribution in [0.3, 0.4) is 0 Å². The maximum atomic E-state index is 13.9. The Kier molecular flexibility index (Phi) is 11.6. The van der Waals surface area contributed by atoms with Crippen molar-refractivity contribution in [3.63, 3.8) is 0 Å². The Hall–Kier alpha value is -3.64. The SMILES string of the molecule is CCC(Cc1ccc(F)c(OC)c1)=NC1=NCC(CC)=C(C2CCCC(c3nnc(NC(=O)Cc4ccc(F)c(OC)c4)s3)C2)S1. The Labute approximate surface area is 276 Å². The van der Waals surface area contributed by atoms with Gasteiger partial charge in [-0.3, -0.25) is 9.79 Å². The number of amides is 1. The lowest BCUT2D eigenvalue weighted by atomic mass is 9.80. The molecule has 2 aliphatic rings. The molecule has 2 atom stereocenters. The van der Waals surface area contributed by atoms with Crippen LogP contribution in [-0.2, 0) is 17.6 Å². The van der Waals surface area contributed by atoms with Gasteiger partial charge in [-0.05, 0) is 83.9 Å². The summed E-state index contributed by atoms with van der Waals surface area (Å²) in [5.41, 5.74) is 3.94. The quantitative estimate of drug-likeness (QED) is 0.207. The minimum Gasteiger partial charge on any atom is -0.494 e. The Bertz CT molecular complexity index is 1660. The van der Waals surface area contributed by atoms with Crippen LogP contribution >= 0.6 is 23.1 Å². The molecule has 5 rings (SSSR count). The number of thioether (sulfide) groups is 1. The van der Waals surface area contributed by atoms with Crippen molar-refractivity contribution in [2.24, 2.45) is 15.9 Å². The number of benzene rings is 2. The van der Waals surface area contributed by atoms with Crippen LogP contribution in [0.2, 0.25) is 0 Å². The summed E-state index contributed by atoms with van der Waals surface area (Å²) in [6.45, 7) is 4.91. The third kappa shape index (κ3) is 8.38. The van der Waals surface area contributed by atoms with Gasteiger partial charge in [0, 0.05) is 18.1 Å². The molecule has 1 saturated carbocycles. The second-order valence-corrected chi connectivity index (χ2v) is 13.4. The molecule has 244 valence electrons. The molecule has 1 N–H and O–H groups in total. The smallest absolute Gasteiger partial charge is 0.230 e. The van der Waals surface area contributed by atoms with Gasteiger partial charge in [-0.25, -0.2) is 13.8 Å². The van der Waals surface area contributed by atoms with E-state index in [1.807, 2.05) is 0 Å². The zero-order valence-corrected chi connectivity index (χ0v) is 28.2. The predicted molar refractivity (Wildman–Crippen MR) is 181 cm³/mol. The molecule has 1 fully saturated rings. The first-order valence-corrected chi connectivity index (χ1v) is 17.2. The molecule has 8 nitrogen and oxygen atoms in total. The molecule has 12 heteroatoms. The van der Waals surface area contributed by atoms with Crippen molar-refractivity contribution in [1.29, 1.82) is 0 Å². The summed E-state index contributed by atoms with van der Waals surface area (Å²) in [5.74, 6) is -0.121. The molecule has 0 spiro atoms. The van der Waals surface area contributed by atoms with Gasteiger partial charge in [-0.2, -0.15) is 0 Å². The monoisotopic (exact) mass is 667 g/mol. The highest BCUT2D eigenvalue weighted by atomic mass is 32.2. The normalized spacial score (nSPS) is 18.7. The first-order valence-electron chi connectivity index (χ1n) is 15.6. The topological polar surface area (TPSA) is 98.1 Å². The van der Waals surface area contributed by atoms with Crippen LogP contribution in [0.4, 0.5) is 13.9 Å². The lowest BCUT2D eigenvalue weighted by Gasteiger charge is -2.32. The zero-order chi connectivity index (χ0) is 32.6. The highest BCUT2D eigenvalue weighted by molar-refractivity contribution is 8.17. The van der Waals surface area contributed by atoms with Crippen molar-refractivity contribution in [1.82, 2.24) is 10.2 Å². The molecule has 0 radical (unpaired) electrons. The van der Waals surface area contributed by atoms with Crippen LogP contribution in [0.25, 0.3) is 0 Å². The number of methoxy groups -OCH3 is 2. The number of rotatable bonds is 11. The van der Waals surface area contributed by atoms with Crippen LogP contribution < -0.4 is 14.8 Å². The number of halogens is 2. The van der Waals surface area contributed by atoms with E-state index < -0.39 is 5.82 Å². The van der Waals surface area contributed by atoms with Crippen LogP contribution in [0, 0.1) is 17.6 Å². The molecule has 2 heterocycles. The molecule has 1 amide bonds. The Balaban J connectivity index is 1.22. The van der Waals surface area contributed by atoms with Gasteiger partial charge < -0.3 is 14.8 Å². The number of anilines is 1. The van der Waals surface area contributed by atoms with E-state index in [0.29, 0.717) is 29.6 Å². The summed E-state index contributed by atoms with van der Waals surface area (Å²) in [5, 5.41) is 13.7. The molecule has 1 aliphatic heterocycles. The standard InChI is InChI=1S/C34H39F2N5O3S2/c1-5-22-19-37-33(38-25(6-2)14-20-10-12-26(35)28(15-20)43-3)45-31(22)23-8-7-9-24(18-23)32-40-41-34(46-32)39-30(42)17-21-11-13-27(36)29(16-21)44-4/h10-13,15-16,23-24H,5-9,14,17-19H2,1-4H3,(H,39,41,42). The van der Waals surface area contributed by atoms with Crippen LogP contribution in [0.15, 0.2) is 56.9 Å². The molecule has 3 aromatic rings. The summed E-state index contributed by atoms with van der Waals surface area (Å²) in [7, 11) is 2.86. The van der Waals surface area contributed by atoms with E-state index in [9.17, 15) is 13.6 Å². The summed E-state index contributed by atoms with van der Waals surface area (Å²) in [4.78, 5) is 23.9. The molecule has 0 bridgehead atoms. The van der Waals surface area contributed by atoms with Crippen molar-refractivity contribution >= 4 is 45.0 Å². The summed E-state index contributed by atoms with van der Waals surface area (Å²) in [6, 6.07) is 9.33. The minimum atomic E-state index is -0.468. The number of nitrogens with one attached hydrogen (secondary N) is 1. The van der Waals surface area contributed by atoms with E-state index >= 15 is 0 Å². The van der Waals surface area contributed by atoms with Crippen molar-refractivity contribution in [3.8, 4) is 11.5 Å². The van der Waals surface area contributed by atoms with Crippen molar-refractivity contribution in [3.05, 3.63) is 74.6 Å². The fourth-order valence-electron chi connectivity index (χ4n) is 5.85. The third-order valence-corrected chi connectivity index (χ3v) is 10.6. The van der Waals surface area contributed by atoms with E-state index in [4.69, 9.17) is 19.5 Å². The maximum Gasteiger partial charge on any atom is 0.230 e. The lowest BCUT2D eigenvalue weighted by molar-refractivity contribution is -0.115. The first kappa shape index (κ1) is 33.7. The molecule has 1 aromatic heterocycles. The molecule has 1 aliphatic carbocycles. The Morgan fingerprint density at radius 1 is 0.978 bits per heavy atom. The fraction of sp³-hybridized carbons (Fsp3) is 0.441. The van der Waals surface area contributed by atoms with Gasteiger partial charge in [-0.1, -0.05) is 55.5 Å². The number of allylic oxidation sites excluding steroid dienone is 1. The second-order valence-electron chi connectivity index (χ2n) is 11.4.